The Labute approximate surface area is 172 Å². The fourth-order valence-corrected chi connectivity index (χ4v) is 4.33. The van der Waals surface area contributed by atoms with Crippen LogP contribution in [-0.2, 0) is 11.3 Å². The van der Waals surface area contributed by atoms with Crippen molar-refractivity contribution in [2.75, 3.05) is 13.2 Å². The third-order valence-electron chi connectivity index (χ3n) is 5.76. The average molecular weight is 392 g/mol. The topological polar surface area (TPSA) is 47.4 Å². The van der Waals surface area contributed by atoms with Crippen LogP contribution in [0.5, 0.6) is 5.75 Å². The van der Waals surface area contributed by atoms with Crippen LogP contribution in [0.3, 0.4) is 0 Å². The predicted octanol–water partition coefficient (Wildman–Crippen LogP) is 4.81. The van der Waals surface area contributed by atoms with Gasteiger partial charge < -0.3 is 14.2 Å². The zero-order valence-corrected chi connectivity index (χ0v) is 17.5. The van der Waals surface area contributed by atoms with E-state index in [9.17, 15) is 4.79 Å². The normalized spacial score (nSPS) is 16.5. The zero-order valence-electron chi connectivity index (χ0n) is 17.5. The molecule has 1 amide bonds. The van der Waals surface area contributed by atoms with Crippen LogP contribution in [-0.4, -0.2) is 33.5 Å². The van der Waals surface area contributed by atoms with Crippen molar-refractivity contribution in [3.63, 3.8) is 0 Å². The van der Waals surface area contributed by atoms with Gasteiger partial charge >= 0.3 is 0 Å². The van der Waals surface area contributed by atoms with E-state index in [0.717, 1.165) is 47.6 Å². The molecular weight excluding hydrogens is 362 g/mol. The van der Waals surface area contributed by atoms with Crippen molar-refractivity contribution in [2.24, 2.45) is 0 Å². The molecule has 0 spiro atoms. The number of aromatic nitrogens is 2. The molecule has 1 saturated heterocycles. The van der Waals surface area contributed by atoms with E-state index in [1.807, 2.05) is 36.1 Å². The summed E-state index contributed by atoms with van der Waals surface area (Å²) in [5, 5.41) is 0. The van der Waals surface area contributed by atoms with Gasteiger partial charge in [-0.15, -0.1) is 0 Å². The number of hydrogen-bond donors (Lipinski definition) is 0. The lowest BCUT2D eigenvalue weighted by molar-refractivity contribution is -0.131. The molecule has 1 aromatic heterocycles. The Bertz CT molecular complexity index is 1020. The lowest BCUT2D eigenvalue weighted by Crippen LogP contribution is -2.31. The molecule has 5 heteroatoms. The molecule has 1 atom stereocenters. The average Bonchev–Trinajstić information content (AvgIpc) is 3.34. The Morgan fingerprint density at radius 2 is 2.03 bits per heavy atom. The minimum absolute atomic E-state index is 0.0518. The van der Waals surface area contributed by atoms with Gasteiger partial charge in [0.25, 0.3) is 0 Å². The number of amides is 1. The van der Waals surface area contributed by atoms with Crippen molar-refractivity contribution in [1.29, 1.82) is 0 Å². The fraction of sp³-hybridized carbons (Fsp3) is 0.417. The van der Waals surface area contributed by atoms with E-state index in [4.69, 9.17) is 9.72 Å². The highest BCUT2D eigenvalue weighted by atomic mass is 16.5. The van der Waals surface area contributed by atoms with E-state index in [-0.39, 0.29) is 11.9 Å². The van der Waals surface area contributed by atoms with E-state index in [2.05, 4.69) is 36.6 Å². The van der Waals surface area contributed by atoms with Crippen molar-refractivity contribution in [2.45, 2.75) is 52.6 Å². The summed E-state index contributed by atoms with van der Waals surface area (Å²) < 4.78 is 8.34. The molecule has 1 aliphatic heterocycles. The minimum atomic E-state index is 0.0518. The molecule has 0 saturated carbocycles. The summed E-state index contributed by atoms with van der Waals surface area (Å²) in [5.41, 5.74) is 4.46. The van der Waals surface area contributed by atoms with Crippen molar-refractivity contribution < 1.29 is 9.53 Å². The number of para-hydroxylation sites is 2. The Balaban J connectivity index is 1.61. The number of carbonyl (C=O) groups is 1. The van der Waals surface area contributed by atoms with Gasteiger partial charge in [-0.2, -0.15) is 0 Å². The van der Waals surface area contributed by atoms with Crippen molar-refractivity contribution >= 4 is 16.9 Å². The highest BCUT2D eigenvalue weighted by Gasteiger charge is 2.32. The van der Waals surface area contributed by atoms with Gasteiger partial charge in [0.2, 0.25) is 5.91 Å². The molecule has 3 aromatic rings. The van der Waals surface area contributed by atoms with Gasteiger partial charge in [0.15, 0.2) is 0 Å². The number of nitrogens with zero attached hydrogens (tertiary/aromatic N) is 3. The van der Waals surface area contributed by atoms with E-state index in [1.165, 1.54) is 5.56 Å². The van der Waals surface area contributed by atoms with Crippen LogP contribution in [0.4, 0.5) is 0 Å². The lowest BCUT2D eigenvalue weighted by Gasteiger charge is -2.25. The summed E-state index contributed by atoms with van der Waals surface area (Å²) in [5.74, 6) is 2.11. The molecule has 1 aliphatic rings. The van der Waals surface area contributed by atoms with Crippen LogP contribution in [0.1, 0.15) is 49.2 Å². The van der Waals surface area contributed by atoms with Gasteiger partial charge in [-0.1, -0.05) is 36.8 Å². The molecule has 0 aliphatic carbocycles. The standard InChI is InChI=1S/C24H29N3O2/c1-4-23(28)26-13-7-10-21(26)24-25-19-8-5-6-9-20(19)27(24)14-15-29-22-12-11-17(2)16-18(22)3/h5-6,8-9,11-12,16,21H,4,7,10,13-15H2,1-3H3. The Hall–Kier alpha value is -2.82. The summed E-state index contributed by atoms with van der Waals surface area (Å²) in [6, 6.07) is 14.5. The molecule has 0 N–H and O–H groups in total. The van der Waals surface area contributed by atoms with Gasteiger partial charge in [-0.05, 0) is 50.5 Å². The summed E-state index contributed by atoms with van der Waals surface area (Å²) in [6.45, 7) is 8.18. The number of hydrogen-bond acceptors (Lipinski definition) is 3. The number of carbonyl (C=O) groups excluding carboxylic acids is 1. The first kappa shape index (κ1) is 19.5. The molecule has 152 valence electrons. The zero-order chi connectivity index (χ0) is 20.4. The van der Waals surface area contributed by atoms with Crippen LogP contribution in [0.2, 0.25) is 0 Å². The second-order valence-corrected chi connectivity index (χ2v) is 7.83. The highest BCUT2D eigenvalue weighted by molar-refractivity contribution is 5.78. The Morgan fingerprint density at radius 3 is 2.83 bits per heavy atom. The number of benzene rings is 2. The smallest absolute Gasteiger partial charge is 0.222 e. The molecular formula is C24H29N3O2. The van der Waals surface area contributed by atoms with Crippen LogP contribution in [0.25, 0.3) is 11.0 Å². The SMILES string of the molecule is CCC(=O)N1CCCC1c1nc2ccccc2n1CCOc1ccc(C)cc1C. The van der Waals surface area contributed by atoms with Crippen molar-refractivity contribution in [3.05, 3.63) is 59.4 Å². The Morgan fingerprint density at radius 1 is 1.21 bits per heavy atom. The van der Waals surface area contributed by atoms with Crippen molar-refractivity contribution in [1.82, 2.24) is 14.5 Å². The third-order valence-corrected chi connectivity index (χ3v) is 5.76. The largest absolute Gasteiger partial charge is 0.491 e. The summed E-state index contributed by atoms with van der Waals surface area (Å²) in [7, 11) is 0. The van der Waals surface area contributed by atoms with Crippen LogP contribution in [0, 0.1) is 13.8 Å². The van der Waals surface area contributed by atoms with Crippen LogP contribution < -0.4 is 4.74 Å². The second-order valence-electron chi connectivity index (χ2n) is 7.83. The van der Waals surface area contributed by atoms with E-state index in [0.29, 0.717) is 19.6 Å². The number of rotatable bonds is 6. The van der Waals surface area contributed by atoms with Gasteiger partial charge in [0.05, 0.1) is 23.6 Å². The van der Waals surface area contributed by atoms with E-state index >= 15 is 0 Å². The van der Waals surface area contributed by atoms with Crippen molar-refractivity contribution in [3.8, 4) is 5.75 Å². The van der Waals surface area contributed by atoms with E-state index in [1.54, 1.807) is 0 Å². The molecule has 29 heavy (non-hydrogen) atoms. The lowest BCUT2D eigenvalue weighted by atomic mass is 10.1. The first-order chi connectivity index (χ1) is 14.1. The molecule has 0 bridgehead atoms. The quantitative estimate of drug-likeness (QED) is 0.606. The number of likely N-dealkylation sites (tertiary alicyclic amines) is 1. The maximum Gasteiger partial charge on any atom is 0.222 e. The Kier molecular flexibility index (Phi) is 5.56. The molecule has 1 unspecified atom stereocenters. The molecule has 5 nitrogen and oxygen atoms in total. The molecule has 2 aromatic carbocycles. The second kappa shape index (κ2) is 8.27. The number of aryl methyl sites for hydroxylation is 2. The van der Waals surface area contributed by atoms with Gasteiger partial charge in [-0.25, -0.2) is 4.98 Å². The summed E-state index contributed by atoms with van der Waals surface area (Å²) in [6.07, 6.45) is 2.53. The maximum absolute atomic E-state index is 12.5. The molecule has 4 rings (SSSR count). The number of ether oxygens (including phenoxy) is 1. The van der Waals surface area contributed by atoms with Gasteiger partial charge in [0, 0.05) is 13.0 Å². The molecule has 2 heterocycles. The number of imidazole rings is 1. The summed E-state index contributed by atoms with van der Waals surface area (Å²) >= 11 is 0. The highest BCUT2D eigenvalue weighted by Crippen LogP contribution is 2.34. The van der Waals surface area contributed by atoms with Crippen LogP contribution in [0.15, 0.2) is 42.5 Å². The van der Waals surface area contributed by atoms with Gasteiger partial charge in [-0.3, -0.25) is 4.79 Å². The number of fused-ring (bicyclic) bond motifs is 1. The maximum atomic E-state index is 12.5. The van der Waals surface area contributed by atoms with Crippen LogP contribution >= 0.6 is 0 Å². The third kappa shape index (κ3) is 3.86. The van der Waals surface area contributed by atoms with Gasteiger partial charge in [0.1, 0.15) is 18.2 Å². The first-order valence-corrected chi connectivity index (χ1v) is 10.5. The fourth-order valence-electron chi connectivity index (χ4n) is 4.33. The molecule has 0 radical (unpaired) electrons. The van der Waals surface area contributed by atoms with E-state index < -0.39 is 0 Å². The first-order valence-electron chi connectivity index (χ1n) is 10.5. The monoisotopic (exact) mass is 391 g/mol. The molecule has 1 fully saturated rings. The summed E-state index contributed by atoms with van der Waals surface area (Å²) in [4.78, 5) is 19.4. The predicted molar refractivity (Wildman–Crippen MR) is 115 cm³/mol. The minimum Gasteiger partial charge on any atom is -0.491 e.